The standard InChI is InChI=1S/C67H118O12/c1-4-7-10-13-16-19-22-25-28-30-33-35-38-41-44-47-50-53-59(68)75-56-58(77-60(69)54-51-48-45-42-39-36-32-27-24-21-18-15-12-9-6-3)57-76-67-65(63(72)62(71)64(79-67)66(73)74)78-61(70)55-52-49-46-43-40-37-34-31-29-26-23-20-17-14-11-8-5-2/h9,12,18,21,25,27-28,32,58,62-65,67,71-72H,4-8,10-11,13-17,19-20,22-24,26,29-31,33-57H2,1-3H3,(H,73,74)/b12-9-,21-18-,28-25-,32-27-. The number of allylic oxidation sites excluding steroid dienone is 8. The SMILES string of the molecule is CC/C=C\C/C=C\C/C=C\CCCCCCCC(=O)OC(COC(=O)CCCCCCCCC/C=C\CCCCCCCC)COC1OC(C(=O)O)C(O)C(O)C1OC(=O)CCCCCCCCCCCCCCCCCCC. The minimum absolute atomic E-state index is 0.0624. The van der Waals surface area contributed by atoms with Gasteiger partial charge in [0.2, 0.25) is 0 Å². The number of aliphatic hydroxyl groups is 2. The first-order valence-corrected chi connectivity index (χ1v) is 32.6. The Kier molecular flexibility index (Phi) is 51.5. The minimum atomic E-state index is -1.90. The summed E-state index contributed by atoms with van der Waals surface area (Å²) < 4.78 is 28.5. The van der Waals surface area contributed by atoms with Crippen LogP contribution in [0, 0.1) is 0 Å². The van der Waals surface area contributed by atoms with Gasteiger partial charge in [-0.05, 0) is 77.0 Å². The van der Waals surface area contributed by atoms with Crippen LogP contribution in [0.1, 0.15) is 303 Å². The van der Waals surface area contributed by atoms with Crippen molar-refractivity contribution in [3.63, 3.8) is 0 Å². The van der Waals surface area contributed by atoms with E-state index in [0.29, 0.717) is 19.3 Å². The second-order valence-corrected chi connectivity index (χ2v) is 22.4. The topological polar surface area (TPSA) is 175 Å². The van der Waals surface area contributed by atoms with Crippen LogP contribution in [-0.2, 0) is 42.9 Å². The lowest BCUT2D eigenvalue weighted by Gasteiger charge is -2.40. The molecular weight excluding hydrogens is 997 g/mol. The molecule has 0 aromatic heterocycles. The van der Waals surface area contributed by atoms with Crippen molar-refractivity contribution in [2.24, 2.45) is 0 Å². The molecule has 1 saturated heterocycles. The lowest BCUT2D eigenvalue weighted by atomic mass is 9.98. The van der Waals surface area contributed by atoms with Crippen molar-refractivity contribution in [2.45, 2.75) is 340 Å². The summed E-state index contributed by atoms with van der Waals surface area (Å²) in [6, 6.07) is 0. The number of aliphatic carboxylic acids is 1. The monoisotopic (exact) mass is 1110 g/mol. The average Bonchev–Trinajstić information content (AvgIpc) is 3.46. The maximum Gasteiger partial charge on any atom is 0.335 e. The highest BCUT2D eigenvalue weighted by Crippen LogP contribution is 2.27. The van der Waals surface area contributed by atoms with Gasteiger partial charge in [0.15, 0.2) is 24.6 Å². The van der Waals surface area contributed by atoms with E-state index in [1.54, 1.807) is 0 Å². The molecule has 0 aromatic rings. The van der Waals surface area contributed by atoms with Crippen molar-refractivity contribution in [1.82, 2.24) is 0 Å². The van der Waals surface area contributed by atoms with Crippen LogP contribution in [0.4, 0.5) is 0 Å². The van der Waals surface area contributed by atoms with Crippen LogP contribution in [0.5, 0.6) is 0 Å². The van der Waals surface area contributed by atoms with Crippen molar-refractivity contribution in [3.05, 3.63) is 48.6 Å². The number of rotatable bonds is 56. The molecule has 12 nitrogen and oxygen atoms in total. The molecule has 1 aliphatic heterocycles. The average molecular weight is 1120 g/mol. The smallest absolute Gasteiger partial charge is 0.335 e. The number of carbonyl (C=O) groups excluding carboxylic acids is 3. The summed E-state index contributed by atoms with van der Waals surface area (Å²) in [6.45, 7) is 5.90. The van der Waals surface area contributed by atoms with Gasteiger partial charge >= 0.3 is 23.9 Å². The molecule has 0 saturated carbocycles. The summed E-state index contributed by atoms with van der Waals surface area (Å²) in [7, 11) is 0. The zero-order chi connectivity index (χ0) is 57.5. The number of ether oxygens (including phenoxy) is 5. The van der Waals surface area contributed by atoms with Gasteiger partial charge in [-0.1, -0.05) is 256 Å². The summed E-state index contributed by atoms with van der Waals surface area (Å²) in [5, 5.41) is 31.6. The molecule has 0 aromatic carbocycles. The van der Waals surface area contributed by atoms with Crippen LogP contribution in [0.25, 0.3) is 0 Å². The van der Waals surface area contributed by atoms with Gasteiger partial charge in [-0.2, -0.15) is 0 Å². The van der Waals surface area contributed by atoms with Gasteiger partial charge < -0.3 is 39.0 Å². The van der Waals surface area contributed by atoms with E-state index in [0.717, 1.165) is 103 Å². The van der Waals surface area contributed by atoms with Crippen LogP contribution in [0.15, 0.2) is 48.6 Å². The fraction of sp³-hybridized carbons (Fsp3) is 0.821. The Bertz CT molecular complexity index is 1560. The van der Waals surface area contributed by atoms with Crippen LogP contribution >= 0.6 is 0 Å². The maximum atomic E-state index is 13.2. The number of unbranched alkanes of at least 4 members (excludes halogenated alkanes) is 34. The van der Waals surface area contributed by atoms with Gasteiger partial charge in [0, 0.05) is 19.3 Å². The second kappa shape index (κ2) is 55.2. The number of carboxylic acids is 1. The molecule has 458 valence electrons. The lowest BCUT2D eigenvalue weighted by molar-refractivity contribution is -0.301. The van der Waals surface area contributed by atoms with Crippen molar-refractivity contribution < 1.29 is 58.2 Å². The summed E-state index contributed by atoms with van der Waals surface area (Å²) in [5.41, 5.74) is 0. The largest absolute Gasteiger partial charge is 0.479 e. The Labute approximate surface area is 482 Å². The molecule has 1 fully saturated rings. The van der Waals surface area contributed by atoms with E-state index < -0.39 is 67.3 Å². The third kappa shape index (κ3) is 45.0. The quantitative estimate of drug-likeness (QED) is 0.0228. The molecule has 6 atom stereocenters. The van der Waals surface area contributed by atoms with Crippen molar-refractivity contribution in [2.75, 3.05) is 13.2 Å². The predicted octanol–water partition coefficient (Wildman–Crippen LogP) is 17.3. The van der Waals surface area contributed by atoms with Crippen molar-refractivity contribution in [3.8, 4) is 0 Å². The highest BCUT2D eigenvalue weighted by Gasteiger charge is 2.50. The van der Waals surface area contributed by atoms with E-state index in [2.05, 4.69) is 69.4 Å². The van der Waals surface area contributed by atoms with Crippen molar-refractivity contribution >= 4 is 23.9 Å². The number of hydrogen-bond donors (Lipinski definition) is 3. The summed E-state index contributed by atoms with van der Waals surface area (Å²) in [4.78, 5) is 51.3. The second-order valence-electron chi connectivity index (χ2n) is 22.4. The molecule has 79 heavy (non-hydrogen) atoms. The molecule has 3 N–H and O–H groups in total. The Morgan fingerprint density at radius 3 is 1.23 bits per heavy atom. The molecule has 1 heterocycles. The third-order valence-electron chi connectivity index (χ3n) is 14.9. The highest BCUT2D eigenvalue weighted by atomic mass is 16.7. The Morgan fingerprint density at radius 2 is 0.797 bits per heavy atom. The molecule has 1 rings (SSSR count). The molecular formula is C67H118O12. The molecule has 0 aliphatic carbocycles. The van der Waals surface area contributed by atoms with Gasteiger partial charge in [0.25, 0.3) is 0 Å². The summed E-state index contributed by atoms with van der Waals surface area (Å²) in [5.74, 6) is -3.12. The number of hydrogen-bond acceptors (Lipinski definition) is 11. The minimum Gasteiger partial charge on any atom is -0.479 e. The van der Waals surface area contributed by atoms with Crippen LogP contribution in [-0.4, -0.2) is 89.2 Å². The fourth-order valence-corrected chi connectivity index (χ4v) is 9.91. The fourth-order valence-electron chi connectivity index (χ4n) is 9.91. The normalized spacial score (nSPS) is 18.1. The van der Waals surface area contributed by atoms with Gasteiger partial charge in [-0.25, -0.2) is 4.79 Å². The Morgan fingerprint density at radius 1 is 0.430 bits per heavy atom. The third-order valence-corrected chi connectivity index (χ3v) is 14.9. The van der Waals surface area contributed by atoms with Crippen LogP contribution in [0.2, 0.25) is 0 Å². The van der Waals surface area contributed by atoms with Crippen LogP contribution < -0.4 is 0 Å². The first-order valence-electron chi connectivity index (χ1n) is 32.6. The number of carboxylic acid groups (broad SMARTS) is 1. The van der Waals surface area contributed by atoms with Gasteiger partial charge in [-0.3, -0.25) is 14.4 Å². The molecule has 6 unspecified atom stereocenters. The van der Waals surface area contributed by atoms with E-state index in [1.165, 1.54) is 141 Å². The predicted molar refractivity (Wildman–Crippen MR) is 322 cm³/mol. The Hall–Kier alpha value is -3.32. The van der Waals surface area contributed by atoms with E-state index in [-0.39, 0.29) is 25.9 Å². The molecule has 0 spiro atoms. The maximum absolute atomic E-state index is 13.2. The van der Waals surface area contributed by atoms with Gasteiger partial charge in [0.05, 0.1) is 6.61 Å². The van der Waals surface area contributed by atoms with Gasteiger partial charge in [-0.15, -0.1) is 0 Å². The van der Waals surface area contributed by atoms with Gasteiger partial charge in [0.1, 0.15) is 18.8 Å². The number of carbonyl (C=O) groups is 4. The zero-order valence-electron chi connectivity index (χ0n) is 50.6. The first-order chi connectivity index (χ1) is 38.6. The highest BCUT2D eigenvalue weighted by molar-refractivity contribution is 5.74. The molecule has 0 amide bonds. The molecule has 0 radical (unpaired) electrons. The molecule has 12 heteroatoms. The summed E-state index contributed by atoms with van der Waals surface area (Å²) >= 11 is 0. The lowest BCUT2D eigenvalue weighted by Crippen LogP contribution is -2.61. The molecule has 0 bridgehead atoms. The van der Waals surface area contributed by atoms with Crippen LogP contribution in [0.3, 0.4) is 0 Å². The van der Waals surface area contributed by atoms with E-state index in [4.69, 9.17) is 23.7 Å². The Balaban J connectivity index is 2.65. The van der Waals surface area contributed by atoms with E-state index in [1.807, 2.05) is 0 Å². The van der Waals surface area contributed by atoms with Crippen molar-refractivity contribution in [1.29, 1.82) is 0 Å². The summed E-state index contributed by atoms with van der Waals surface area (Å²) in [6.07, 6.45) is 55.0. The number of aliphatic hydroxyl groups excluding tert-OH is 2. The van der Waals surface area contributed by atoms with E-state index >= 15 is 0 Å². The zero-order valence-corrected chi connectivity index (χ0v) is 50.6. The molecule has 1 aliphatic rings. The first kappa shape index (κ1) is 73.7. The van der Waals surface area contributed by atoms with E-state index in [9.17, 15) is 34.5 Å². The number of esters is 3.